The van der Waals surface area contributed by atoms with Gasteiger partial charge in [0.1, 0.15) is 17.7 Å². The normalized spacial score (nSPS) is 10.9. The quantitative estimate of drug-likeness (QED) is 0.599. The van der Waals surface area contributed by atoms with Gasteiger partial charge in [-0.3, -0.25) is 4.98 Å². The van der Waals surface area contributed by atoms with Crippen LogP contribution < -0.4 is 11.5 Å². The minimum Gasteiger partial charge on any atom is -0.382 e. The Kier molecular flexibility index (Phi) is 2.38. The summed E-state index contributed by atoms with van der Waals surface area (Å²) in [4.78, 5) is 19.6. The Morgan fingerprint density at radius 3 is 2.89 bits per heavy atom. The Labute approximate surface area is 102 Å². The molecule has 3 aromatic heterocycles. The maximum Gasteiger partial charge on any atom is 0.183 e. The fourth-order valence-electron chi connectivity index (χ4n) is 1.72. The molecule has 7 nitrogen and oxygen atoms in total. The fourth-order valence-corrected chi connectivity index (χ4v) is 1.72. The topological polar surface area (TPSA) is 119 Å². The highest BCUT2D eigenvalue weighted by atomic mass is 15.0. The molecule has 5 N–H and O–H groups in total. The van der Waals surface area contributed by atoms with E-state index < -0.39 is 0 Å². The monoisotopic (exact) mass is 241 g/mol. The predicted octanol–water partition coefficient (Wildman–Crippen LogP) is 0.456. The van der Waals surface area contributed by atoms with Crippen molar-refractivity contribution in [3.8, 4) is 11.4 Å². The number of hydrogen-bond acceptors (Lipinski definition) is 6. The summed E-state index contributed by atoms with van der Waals surface area (Å²) in [6.07, 6.45) is 3.08. The number of nitrogens with two attached hydrogens (primary N) is 2. The van der Waals surface area contributed by atoms with Crippen LogP contribution in [0.1, 0.15) is 5.69 Å². The van der Waals surface area contributed by atoms with Gasteiger partial charge in [0.25, 0.3) is 0 Å². The van der Waals surface area contributed by atoms with E-state index in [1.54, 1.807) is 6.20 Å². The van der Waals surface area contributed by atoms with Crippen molar-refractivity contribution < 1.29 is 0 Å². The van der Waals surface area contributed by atoms with E-state index in [4.69, 9.17) is 11.5 Å². The molecule has 0 fully saturated rings. The number of fused-ring (bicyclic) bond motifs is 1. The summed E-state index contributed by atoms with van der Waals surface area (Å²) < 4.78 is 0. The van der Waals surface area contributed by atoms with Gasteiger partial charge >= 0.3 is 0 Å². The van der Waals surface area contributed by atoms with Gasteiger partial charge in [0.05, 0.1) is 5.69 Å². The van der Waals surface area contributed by atoms with Crippen molar-refractivity contribution in [3.05, 3.63) is 30.4 Å². The molecule has 0 unspecified atom stereocenters. The molecule has 0 aliphatic heterocycles. The average molecular weight is 241 g/mol. The van der Waals surface area contributed by atoms with E-state index in [1.165, 1.54) is 6.33 Å². The smallest absolute Gasteiger partial charge is 0.183 e. The number of rotatable bonds is 2. The molecule has 90 valence electrons. The molecule has 0 amide bonds. The van der Waals surface area contributed by atoms with E-state index in [1.807, 2.05) is 12.1 Å². The first-order valence-electron chi connectivity index (χ1n) is 5.39. The van der Waals surface area contributed by atoms with E-state index in [9.17, 15) is 0 Å². The lowest BCUT2D eigenvalue weighted by Crippen LogP contribution is -1.99. The van der Waals surface area contributed by atoms with Crippen LogP contribution in [-0.2, 0) is 6.54 Å². The number of aromatic amines is 1. The minimum atomic E-state index is 0.381. The predicted molar refractivity (Wildman–Crippen MR) is 67.2 cm³/mol. The van der Waals surface area contributed by atoms with Crippen LogP contribution >= 0.6 is 0 Å². The van der Waals surface area contributed by atoms with Crippen molar-refractivity contribution in [2.24, 2.45) is 5.73 Å². The van der Waals surface area contributed by atoms with Crippen LogP contribution in [-0.4, -0.2) is 24.9 Å². The van der Waals surface area contributed by atoms with Crippen LogP contribution in [0.15, 0.2) is 24.7 Å². The largest absolute Gasteiger partial charge is 0.382 e. The van der Waals surface area contributed by atoms with Crippen LogP contribution in [0.3, 0.4) is 0 Å². The SMILES string of the molecule is NCc1cc(-c2nc3ncnc(N)c3[nH]2)ccn1. The third-order valence-electron chi connectivity index (χ3n) is 2.62. The first kappa shape index (κ1) is 10.6. The highest BCUT2D eigenvalue weighted by Gasteiger charge is 2.09. The molecular weight excluding hydrogens is 230 g/mol. The van der Waals surface area contributed by atoms with Gasteiger partial charge < -0.3 is 16.5 Å². The zero-order valence-corrected chi connectivity index (χ0v) is 9.46. The highest BCUT2D eigenvalue weighted by molar-refractivity contribution is 5.84. The summed E-state index contributed by atoms with van der Waals surface area (Å²) >= 11 is 0. The van der Waals surface area contributed by atoms with E-state index in [0.717, 1.165) is 11.3 Å². The van der Waals surface area contributed by atoms with E-state index >= 15 is 0 Å². The van der Waals surface area contributed by atoms with Crippen molar-refractivity contribution in [2.45, 2.75) is 6.54 Å². The van der Waals surface area contributed by atoms with E-state index in [2.05, 4.69) is 24.9 Å². The molecular formula is C11H11N7. The van der Waals surface area contributed by atoms with E-state index in [0.29, 0.717) is 29.4 Å². The molecule has 0 saturated heterocycles. The summed E-state index contributed by atoms with van der Waals surface area (Å²) in [5, 5.41) is 0. The van der Waals surface area contributed by atoms with Crippen molar-refractivity contribution in [1.82, 2.24) is 24.9 Å². The third-order valence-corrected chi connectivity index (χ3v) is 2.62. The van der Waals surface area contributed by atoms with Gasteiger partial charge in [0.2, 0.25) is 0 Å². The van der Waals surface area contributed by atoms with Gasteiger partial charge in [-0.25, -0.2) is 15.0 Å². The highest BCUT2D eigenvalue weighted by Crippen LogP contribution is 2.21. The second-order valence-corrected chi connectivity index (χ2v) is 3.78. The molecule has 0 spiro atoms. The second kappa shape index (κ2) is 4.04. The molecule has 0 aliphatic rings. The molecule has 0 radical (unpaired) electrons. The Bertz CT molecular complexity index is 703. The van der Waals surface area contributed by atoms with Crippen molar-refractivity contribution in [3.63, 3.8) is 0 Å². The Morgan fingerprint density at radius 1 is 1.22 bits per heavy atom. The molecule has 18 heavy (non-hydrogen) atoms. The van der Waals surface area contributed by atoms with Crippen LogP contribution in [0, 0.1) is 0 Å². The maximum atomic E-state index is 5.75. The number of hydrogen-bond donors (Lipinski definition) is 3. The first-order valence-corrected chi connectivity index (χ1v) is 5.39. The summed E-state index contributed by atoms with van der Waals surface area (Å²) in [5.74, 6) is 1.06. The van der Waals surface area contributed by atoms with E-state index in [-0.39, 0.29) is 0 Å². The summed E-state index contributed by atoms with van der Waals surface area (Å²) in [7, 11) is 0. The molecule has 0 atom stereocenters. The minimum absolute atomic E-state index is 0.381. The van der Waals surface area contributed by atoms with Crippen LogP contribution in [0.25, 0.3) is 22.6 Å². The molecule has 0 aliphatic carbocycles. The number of imidazole rings is 1. The number of anilines is 1. The van der Waals surface area contributed by atoms with Crippen LogP contribution in [0.5, 0.6) is 0 Å². The third kappa shape index (κ3) is 1.66. The van der Waals surface area contributed by atoms with Crippen molar-refractivity contribution in [1.29, 1.82) is 0 Å². The average Bonchev–Trinajstić information content (AvgIpc) is 2.84. The fraction of sp³-hybridized carbons (Fsp3) is 0.0909. The zero-order chi connectivity index (χ0) is 12.5. The van der Waals surface area contributed by atoms with Gasteiger partial charge in [-0.2, -0.15) is 0 Å². The number of nitrogen functional groups attached to an aromatic ring is 1. The van der Waals surface area contributed by atoms with Crippen LogP contribution in [0.4, 0.5) is 5.82 Å². The van der Waals surface area contributed by atoms with Gasteiger partial charge in [0, 0.05) is 18.3 Å². The lowest BCUT2D eigenvalue weighted by molar-refractivity contribution is 0.990. The maximum absolute atomic E-state index is 5.75. The molecule has 3 aromatic rings. The molecule has 3 heterocycles. The number of nitrogens with zero attached hydrogens (tertiary/aromatic N) is 4. The number of aromatic nitrogens is 5. The van der Waals surface area contributed by atoms with Gasteiger partial charge in [-0.05, 0) is 12.1 Å². The molecule has 0 aromatic carbocycles. The molecule has 0 bridgehead atoms. The number of pyridine rings is 1. The van der Waals surface area contributed by atoms with Crippen molar-refractivity contribution >= 4 is 17.0 Å². The van der Waals surface area contributed by atoms with Crippen molar-refractivity contribution in [2.75, 3.05) is 5.73 Å². The Balaban J connectivity index is 2.16. The summed E-state index contributed by atoms with van der Waals surface area (Å²) in [5.41, 5.74) is 14.2. The van der Waals surface area contributed by atoms with Gasteiger partial charge in [-0.15, -0.1) is 0 Å². The summed E-state index contributed by atoms with van der Waals surface area (Å²) in [6.45, 7) is 0.385. The molecule has 7 heteroatoms. The lowest BCUT2D eigenvalue weighted by atomic mass is 10.2. The molecule has 3 rings (SSSR count). The standard InChI is InChI=1S/C11H11N7/c12-4-7-3-6(1-2-14-7)10-17-8-9(13)15-5-16-11(8)18-10/h1-3,5H,4,12H2,(H3,13,15,16,17,18). The van der Waals surface area contributed by atoms with Crippen LogP contribution in [0.2, 0.25) is 0 Å². The lowest BCUT2D eigenvalue weighted by Gasteiger charge is -1.99. The van der Waals surface area contributed by atoms with Gasteiger partial charge in [0.15, 0.2) is 11.5 Å². The second-order valence-electron chi connectivity index (χ2n) is 3.78. The number of nitrogens with one attached hydrogen (secondary N) is 1. The Morgan fingerprint density at radius 2 is 2.11 bits per heavy atom. The van der Waals surface area contributed by atoms with Gasteiger partial charge in [-0.1, -0.05) is 0 Å². The molecule has 0 saturated carbocycles. The summed E-state index contributed by atoms with van der Waals surface area (Å²) in [6, 6.07) is 3.72. The number of H-pyrrole nitrogens is 1. The first-order chi connectivity index (χ1) is 8.78. The Hall–Kier alpha value is -2.54. The zero-order valence-electron chi connectivity index (χ0n) is 9.46.